The average molecular weight is 256 g/mol. The maximum Gasteiger partial charge on any atom is 0.287 e. The van der Waals surface area contributed by atoms with Crippen molar-refractivity contribution in [1.29, 1.82) is 0 Å². The lowest BCUT2D eigenvalue weighted by molar-refractivity contribution is -0.384. The second-order valence-corrected chi connectivity index (χ2v) is 3.58. The predicted octanol–water partition coefficient (Wildman–Crippen LogP) is -1.49. The van der Waals surface area contributed by atoms with E-state index in [1.807, 2.05) is 0 Å². The van der Waals surface area contributed by atoms with E-state index in [9.17, 15) is 19.7 Å². The molecule has 0 radical (unpaired) electrons. The second-order valence-electron chi connectivity index (χ2n) is 3.58. The zero-order valence-corrected chi connectivity index (χ0v) is 9.49. The highest BCUT2D eigenvalue weighted by atomic mass is 16.6. The van der Waals surface area contributed by atoms with Crippen molar-refractivity contribution in [3.05, 3.63) is 28.1 Å². The highest BCUT2D eigenvalue weighted by Crippen LogP contribution is 2.14. The van der Waals surface area contributed by atoms with Gasteiger partial charge in [-0.25, -0.2) is 0 Å². The third-order valence-corrected chi connectivity index (χ3v) is 2.22. The number of aryl methyl sites for hydroxylation is 1. The van der Waals surface area contributed by atoms with E-state index in [1.54, 1.807) is 0 Å². The van der Waals surface area contributed by atoms with E-state index in [0.29, 0.717) is 0 Å². The highest BCUT2D eigenvalue weighted by molar-refractivity contribution is 5.94. The van der Waals surface area contributed by atoms with Crippen molar-refractivity contribution in [3.63, 3.8) is 0 Å². The fraction of sp³-hybridized carbons (Fsp3) is 0.333. The molecule has 0 aliphatic carbocycles. The SMILES string of the molecule is Cn1cc([N+](=O)[O-])cc1C(=O)NCC(O)C(N)=O. The summed E-state index contributed by atoms with van der Waals surface area (Å²) >= 11 is 0. The number of aliphatic hydroxyl groups is 1. The molecule has 4 N–H and O–H groups in total. The van der Waals surface area contributed by atoms with Gasteiger partial charge in [0.2, 0.25) is 5.91 Å². The van der Waals surface area contributed by atoms with Crippen LogP contribution in [0.1, 0.15) is 10.5 Å². The number of nitrogens with two attached hydrogens (primary N) is 1. The molecule has 0 aromatic carbocycles. The first-order chi connectivity index (χ1) is 8.32. The molecule has 0 aliphatic heterocycles. The molecule has 0 aliphatic rings. The van der Waals surface area contributed by atoms with Crippen LogP contribution in [-0.2, 0) is 11.8 Å². The van der Waals surface area contributed by atoms with Crippen molar-refractivity contribution in [2.45, 2.75) is 6.10 Å². The van der Waals surface area contributed by atoms with Gasteiger partial charge in [0.05, 0.1) is 17.7 Å². The Labute approximate surface area is 101 Å². The van der Waals surface area contributed by atoms with Crippen LogP contribution < -0.4 is 11.1 Å². The lowest BCUT2D eigenvalue weighted by Crippen LogP contribution is -2.40. The zero-order valence-electron chi connectivity index (χ0n) is 9.49. The van der Waals surface area contributed by atoms with Crippen LogP contribution in [0.5, 0.6) is 0 Å². The van der Waals surface area contributed by atoms with Crippen LogP contribution in [0.3, 0.4) is 0 Å². The van der Waals surface area contributed by atoms with Gasteiger partial charge in [-0.2, -0.15) is 0 Å². The standard InChI is InChI=1S/C9H12N4O5/c1-12-4-5(13(17)18)2-6(12)9(16)11-3-7(14)8(10)15/h2,4,7,14H,3H2,1H3,(H2,10,15)(H,11,16). The topological polar surface area (TPSA) is 140 Å². The minimum absolute atomic E-state index is 0.0402. The van der Waals surface area contributed by atoms with E-state index in [4.69, 9.17) is 10.8 Å². The Balaban J connectivity index is 2.73. The average Bonchev–Trinajstić information content (AvgIpc) is 2.67. The molecular weight excluding hydrogens is 244 g/mol. The molecule has 0 saturated heterocycles. The van der Waals surface area contributed by atoms with Gasteiger partial charge in [0.25, 0.3) is 11.6 Å². The van der Waals surface area contributed by atoms with Crippen molar-refractivity contribution in [1.82, 2.24) is 9.88 Å². The minimum Gasteiger partial charge on any atom is -0.381 e. The third-order valence-electron chi connectivity index (χ3n) is 2.22. The number of nitrogens with one attached hydrogen (secondary N) is 1. The summed E-state index contributed by atoms with van der Waals surface area (Å²) in [6.07, 6.45) is -0.316. The molecule has 1 heterocycles. The van der Waals surface area contributed by atoms with E-state index < -0.39 is 22.8 Å². The molecule has 98 valence electrons. The lowest BCUT2D eigenvalue weighted by Gasteiger charge is -2.08. The van der Waals surface area contributed by atoms with E-state index in [-0.39, 0.29) is 17.9 Å². The van der Waals surface area contributed by atoms with E-state index in [1.165, 1.54) is 17.8 Å². The number of hydrogen-bond acceptors (Lipinski definition) is 5. The Kier molecular flexibility index (Phi) is 4.00. The van der Waals surface area contributed by atoms with Gasteiger partial charge in [-0.3, -0.25) is 19.7 Å². The molecule has 0 fully saturated rings. The van der Waals surface area contributed by atoms with Crippen LogP contribution in [0, 0.1) is 10.1 Å². The molecule has 1 rings (SSSR count). The Morgan fingerprint density at radius 2 is 2.28 bits per heavy atom. The van der Waals surface area contributed by atoms with Crippen molar-refractivity contribution in [3.8, 4) is 0 Å². The Morgan fingerprint density at radius 1 is 1.67 bits per heavy atom. The van der Waals surface area contributed by atoms with Crippen molar-refractivity contribution >= 4 is 17.5 Å². The normalized spacial score (nSPS) is 11.9. The Hall–Kier alpha value is -2.42. The Morgan fingerprint density at radius 3 is 2.72 bits per heavy atom. The number of rotatable bonds is 5. The third kappa shape index (κ3) is 3.04. The summed E-state index contributed by atoms with van der Waals surface area (Å²) in [5, 5.41) is 21.8. The van der Waals surface area contributed by atoms with Crippen molar-refractivity contribution in [2.24, 2.45) is 12.8 Å². The number of carbonyl (C=O) groups excluding carboxylic acids is 2. The van der Waals surface area contributed by atoms with E-state index in [2.05, 4.69) is 5.32 Å². The monoisotopic (exact) mass is 256 g/mol. The lowest BCUT2D eigenvalue weighted by atomic mass is 10.3. The van der Waals surface area contributed by atoms with Crippen molar-refractivity contribution in [2.75, 3.05) is 6.54 Å². The van der Waals surface area contributed by atoms with Crippen LogP contribution in [0.2, 0.25) is 0 Å². The van der Waals surface area contributed by atoms with Crippen LogP contribution in [0.25, 0.3) is 0 Å². The van der Waals surface area contributed by atoms with Gasteiger partial charge < -0.3 is 20.7 Å². The summed E-state index contributed by atoms with van der Waals surface area (Å²) in [5.74, 6) is -1.61. The smallest absolute Gasteiger partial charge is 0.287 e. The number of amides is 2. The second kappa shape index (κ2) is 5.27. The van der Waals surface area contributed by atoms with Gasteiger partial charge in [0.1, 0.15) is 11.8 Å². The molecule has 2 amide bonds. The molecular formula is C9H12N4O5. The molecule has 0 saturated carbocycles. The fourth-order valence-electron chi connectivity index (χ4n) is 1.25. The molecule has 9 heteroatoms. The molecule has 1 unspecified atom stereocenters. The molecule has 18 heavy (non-hydrogen) atoms. The quantitative estimate of drug-likeness (QED) is 0.434. The first kappa shape index (κ1) is 13.6. The maximum absolute atomic E-state index is 11.6. The van der Waals surface area contributed by atoms with Crippen LogP contribution in [-0.4, -0.2) is 39.1 Å². The van der Waals surface area contributed by atoms with Crippen LogP contribution in [0.15, 0.2) is 12.3 Å². The summed E-state index contributed by atoms with van der Waals surface area (Å²) in [6.45, 7) is -0.354. The summed E-state index contributed by atoms with van der Waals surface area (Å²) < 4.78 is 1.27. The molecule has 0 spiro atoms. The minimum atomic E-state index is -1.50. The molecule has 1 atom stereocenters. The van der Waals surface area contributed by atoms with Gasteiger partial charge in [0, 0.05) is 13.1 Å². The number of aromatic nitrogens is 1. The Bertz CT molecular complexity index is 495. The van der Waals surface area contributed by atoms with Crippen LogP contribution in [0.4, 0.5) is 5.69 Å². The number of carbonyl (C=O) groups is 2. The molecule has 1 aromatic rings. The molecule has 0 bridgehead atoms. The predicted molar refractivity (Wildman–Crippen MR) is 59.6 cm³/mol. The molecule has 9 nitrogen and oxygen atoms in total. The van der Waals surface area contributed by atoms with Gasteiger partial charge in [-0.05, 0) is 0 Å². The summed E-state index contributed by atoms with van der Waals surface area (Å²) in [6, 6.07) is 1.09. The summed E-state index contributed by atoms with van der Waals surface area (Å²) in [7, 11) is 1.46. The summed E-state index contributed by atoms with van der Waals surface area (Å²) in [5.41, 5.74) is 4.62. The molecule has 1 aromatic heterocycles. The number of nitro groups is 1. The largest absolute Gasteiger partial charge is 0.381 e. The van der Waals surface area contributed by atoms with Gasteiger partial charge >= 0.3 is 0 Å². The number of nitrogens with zero attached hydrogens (tertiary/aromatic N) is 2. The maximum atomic E-state index is 11.6. The first-order valence-corrected chi connectivity index (χ1v) is 4.89. The fourth-order valence-corrected chi connectivity index (χ4v) is 1.25. The summed E-state index contributed by atoms with van der Waals surface area (Å²) in [4.78, 5) is 32.0. The van der Waals surface area contributed by atoms with Gasteiger partial charge in [-0.1, -0.05) is 0 Å². The van der Waals surface area contributed by atoms with Crippen molar-refractivity contribution < 1.29 is 19.6 Å². The number of hydrogen-bond donors (Lipinski definition) is 3. The number of primary amides is 1. The van der Waals surface area contributed by atoms with Crippen LogP contribution >= 0.6 is 0 Å². The van der Waals surface area contributed by atoms with E-state index >= 15 is 0 Å². The van der Waals surface area contributed by atoms with E-state index in [0.717, 1.165) is 6.07 Å². The zero-order chi connectivity index (χ0) is 13.9. The van der Waals surface area contributed by atoms with Gasteiger partial charge in [0.15, 0.2) is 0 Å². The number of aliphatic hydroxyl groups excluding tert-OH is 1. The highest BCUT2D eigenvalue weighted by Gasteiger charge is 2.19. The first-order valence-electron chi connectivity index (χ1n) is 4.89. The van der Waals surface area contributed by atoms with Gasteiger partial charge in [-0.15, -0.1) is 0 Å².